The predicted octanol–water partition coefficient (Wildman–Crippen LogP) is 2.46. The lowest BCUT2D eigenvalue weighted by Crippen LogP contribution is -1.72. The molecule has 0 aliphatic carbocycles. The fraction of sp³-hybridized carbons (Fsp3) is 0. The first kappa shape index (κ1) is 8.56. The molecule has 0 amide bonds. The Morgan fingerprint density at radius 1 is 1.07 bits per heavy atom. The molecule has 0 bridgehead atoms. The fourth-order valence-corrected chi connectivity index (χ4v) is 1.20. The third-order valence-corrected chi connectivity index (χ3v) is 1.89. The molecule has 3 nitrogen and oxygen atoms in total. The first-order valence-electron chi connectivity index (χ1n) is 4.14. The third-order valence-electron chi connectivity index (χ3n) is 1.89. The van der Waals surface area contributed by atoms with Crippen LogP contribution >= 0.6 is 0 Å². The summed E-state index contributed by atoms with van der Waals surface area (Å²) in [4.78, 5) is 10.4. The Bertz CT molecular complexity index is 440. The van der Waals surface area contributed by atoms with Crippen LogP contribution in [-0.2, 0) is 0 Å². The maximum atomic E-state index is 10.4. The molecule has 0 fully saturated rings. The Morgan fingerprint density at radius 3 is 2.36 bits per heavy atom. The van der Waals surface area contributed by atoms with Gasteiger partial charge >= 0.3 is 0 Å². The average Bonchev–Trinajstić information content (AvgIpc) is 2.67. The van der Waals surface area contributed by atoms with Gasteiger partial charge in [0.05, 0.1) is 0 Å². The summed E-state index contributed by atoms with van der Waals surface area (Å²) < 4.78 is 5.21. The van der Waals surface area contributed by atoms with Crippen LogP contribution in [0, 0.1) is 0 Å². The predicted molar refractivity (Wildman–Crippen MR) is 51.2 cm³/mol. The molecule has 0 saturated heterocycles. The monoisotopic (exact) mass is 188 g/mol. The van der Waals surface area contributed by atoms with E-state index in [-0.39, 0.29) is 5.75 Å². The average molecular weight is 188 g/mol. The maximum absolute atomic E-state index is 10.4. The summed E-state index contributed by atoms with van der Waals surface area (Å²) >= 11 is 0. The van der Waals surface area contributed by atoms with E-state index in [0.29, 0.717) is 17.8 Å². The standard InChI is InChI=1S/C11H8O3/c12-7-10-5-6-11(14-10)8-1-3-9(13)4-2-8/h1-7,13H. The number of aldehydes is 1. The first-order valence-corrected chi connectivity index (χ1v) is 4.14. The lowest BCUT2D eigenvalue weighted by atomic mass is 10.2. The van der Waals surface area contributed by atoms with Crippen molar-refractivity contribution in [2.75, 3.05) is 0 Å². The molecule has 2 aromatic rings. The van der Waals surface area contributed by atoms with Crippen LogP contribution in [0.2, 0.25) is 0 Å². The Hall–Kier alpha value is -2.03. The number of aromatic hydroxyl groups is 1. The van der Waals surface area contributed by atoms with Gasteiger partial charge < -0.3 is 9.52 Å². The largest absolute Gasteiger partial charge is 0.508 e. The molecule has 2 rings (SSSR count). The molecular formula is C11H8O3. The molecule has 14 heavy (non-hydrogen) atoms. The fourth-order valence-electron chi connectivity index (χ4n) is 1.20. The van der Waals surface area contributed by atoms with Crippen molar-refractivity contribution in [3.8, 4) is 17.1 Å². The van der Waals surface area contributed by atoms with Gasteiger partial charge in [-0.2, -0.15) is 0 Å². The minimum absolute atomic E-state index is 0.205. The molecule has 0 unspecified atom stereocenters. The van der Waals surface area contributed by atoms with Gasteiger partial charge in [0.15, 0.2) is 12.0 Å². The minimum atomic E-state index is 0.205. The Labute approximate surface area is 80.6 Å². The second kappa shape index (κ2) is 3.38. The summed E-state index contributed by atoms with van der Waals surface area (Å²) in [6.07, 6.45) is 0.657. The summed E-state index contributed by atoms with van der Waals surface area (Å²) in [5, 5.41) is 9.07. The van der Waals surface area contributed by atoms with Crippen molar-refractivity contribution in [2.45, 2.75) is 0 Å². The van der Waals surface area contributed by atoms with Crippen LogP contribution in [-0.4, -0.2) is 11.4 Å². The minimum Gasteiger partial charge on any atom is -0.508 e. The van der Waals surface area contributed by atoms with Crippen LogP contribution in [0.25, 0.3) is 11.3 Å². The molecule has 70 valence electrons. The van der Waals surface area contributed by atoms with Gasteiger partial charge in [-0.1, -0.05) is 0 Å². The van der Waals surface area contributed by atoms with Gasteiger partial charge in [0.1, 0.15) is 11.5 Å². The van der Waals surface area contributed by atoms with Crippen molar-refractivity contribution in [1.29, 1.82) is 0 Å². The summed E-state index contributed by atoms with van der Waals surface area (Å²) in [6, 6.07) is 9.91. The zero-order valence-corrected chi connectivity index (χ0v) is 7.31. The number of phenols is 1. The second-order valence-electron chi connectivity index (χ2n) is 2.87. The number of carbonyl (C=O) groups excluding carboxylic acids is 1. The van der Waals surface area contributed by atoms with Crippen LogP contribution in [0.4, 0.5) is 0 Å². The maximum Gasteiger partial charge on any atom is 0.185 e. The quantitative estimate of drug-likeness (QED) is 0.736. The highest BCUT2D eigenvalue weighted by Gasteiger charge is 2.03. The van der Waals surface area contributed by atoms with Crippen molar-refractivity contribution in [3.63, 3.8) is 0 Å². The highest BCUT2D eigenvalue weighted by atomic mass is 16.3. The third kappa shape index (κ3) is 1.52. The molecule has 0 atom stereocenters. The van der Waals surface area contributed by atoms with E-state index < -0.39 is 0 Å². The zero-order valence-electron chi connectivity index (χ0n) is 7.31. The molecule has 0 saturated carbocycles. The van der Waals surface area contributed by atoms with Gasteiger partial charge in [-0.25, -0.2) is 0 Å². The molecule has 3 heteroatoms. The molecule has 0 aliphatic heterocycles. The summed E-state index contributed by atoms with van der Waals surface area (Å²) in [5.74, 6) is 1.12. The number of rotatable bonds is 2. The van der Waals surface area contributed by atoms with E-state index in [1.165, 1.54) is 0 Å². The number of carbonyl (C=O) groups is 1. The Balaban J connectivity index is 2.39. The molecule has 0 spiro atoms. The first-order chi connectivity index (χ1) is 6.79. The molecule has 1 aromatic carbocycles. The van der Waals surface area contributed by atoms with E-state index in [4.69, 9.17) is 9.52 Å². The number of hydrogen-bond donors (Lipinski definition) is 1. The number of phenolic OH excluding ortho intramolecular Hbond substituents is 1. The molecule has 0 aliphatic rings. The van der Waals surface area contributed by atoms with Crippen molar-refractivity contribution >= 4 is 6.29 Å². The topological polar surface area (TPSA) is 50.4 Å². The van der Waals surface area contributed by atoms with Gasteiger partial charge in [0, 0.05) is 5.56 Å². The zero-order chi connectivity index (χ0) is 9.97. The summed E-state index contributed by atoms with van der Waals surface area (Å²) in [6.45, 7) is 0. The van der Waals surface area contributed by atoms with Crippen molar-refractivity contribution in [2.24, 2.45) is 0 Å². The highest BCUT2D eigenvalue weighted by molar-refractivity contribution is 5.72. The molecule has 0 radical (unpaired) electrons. The van der Waals surface area contributed by atoms with Crippen LogP contribution in [0.3, 0.4) is 0 Å². The Kier molecular flexibility index (Phi) is 2.07. The van der Waals surface area contributed by atoms with Gasteiger partial charge in [0.25, 0.3) is 0 Å². The van der Waals surface area contributed by atoms with Crippen LogP contribution in [0.15, 0.2) is 40.8 Å². The highest BCUT2D eigenvalue weighted by Crippen LogP contribution is 2.23. The number of benzene rings is 1. The number of furan rings is 1. The van der Waals surface area contributed by atoms with E-state index in [0.717, 1.165) is 5.56 Å². The van der Waals surface area contributed by atoms with Crippen LogP contribution < -0.4 is 0 Å². The van der Waals surface area contributed by atoms with Gasteiger partial charge in [0.2, 0.25) is 0 Å². The summed E-state index contributed by atoms with van der Waals surface area (Å²) in [7, 11) is 0. The van der Waals surface area contributed by atoms with E-state index in [1.807, 2.05) is 0 Å². The van der Waals surface area contributed by atoms with Crippen molar-refractivity contribution < 1.29 is 14.3 Å². The Morgan fingerprint density at radius 2 is 1.79 bits per heavy atom. The smallest absolute Gasteiger partial charge is 0.185 e. The van der Waals surface area contributed by atoms with E-state index in [2.05, 4.69) is 0 Å². The molecule has 1 N–H and O–H groups in total. The van der Waals surface area contributed by atoms with Crippen molar-refractivity contribution in [1.82, 2.24) is 0 Å². The lowest BCUT2D eigenvalue weighted by Gasteiger charge is -1.96. The summed E-state index contributed by atoms with van der Waals surface area (Å²) in [5.41, 5.74) is 0.830. The second-order valence-corrected chi connectivity index (χ2v) is 2.87. The van der Waals surface area contributed by atoms with E-state index in [9.17, 15) is 4.79 Å². The lowest BCUT2D eigenvalue weighted by molar-refractivity contribution is 0.110. The van der Waals surface area contributed by atoms with Gasteiger partial charge in [-0.05, 0) is 36.4 Å². The van der Waals surface area contributed by atoms with Crippen LogP contribution in [0.1, 0.15) is 10.6 Å². The van der Waals surface area contributed by atoms with Gasteiger partial charge in [-0.3, -0.25) is 4.79 Å². The molecule has 1 aromatic heterocycles. The molecular weight excluding hydrogens is 180 g/mol. The normalized spacial score (nSPS) is 10.0. The van der Waals surface area contributed by atoms with Crippen LogP contribution in [0.5, 0.6) is 5.75 Å². The van der Waals surface area contributed by atoms with Gasteiger partial charge in [-0.15, -0.1) is 0 Å². The van der Waals surface area contributed by atoms with Crippen molar-refractivity contribution in [3.05, 3.63) is 42.2 Å². The van der Waals surface area contributed by atoms with E-state index >= 15 is 0 Å². The SMILES string of the molecule is O=Cc1ccc(-c2ccc(O)cc2)o1. The van der Waals surface area contributed by atoms with E-state index in [1.54, 1.807) is 36.4 Å². The molecule has 1 heterocycles. The number of hydrogen-bond acceptors (Lipinski definition) is 3.